The first-order chi connectivity index (χ1) is 5.27. The zero-order valence-corrected chi connectivity index (χ0v) is 6.82. The highest BCUT2D eigenvalue weighted by atomic mass is 16.4. The van der Waals surface area contributed by atoms with Gasteiger partial charge < -0.3 is 15.8 Å². The molecule has 0 aromatic heterocycles. The molecule has 3 N–H and O–H groups in total. The van der Waals surface area contributed by atoms with Crippen LogP contribution < -0.4 is 5.73 Å². The minimum Gasteiger partial charge on any atom is -0.408 e. The predicted octanol–water partition coefficient (Wildman–Crippen LogP) is 0.422. The van der Waals surface area contributed by atoms with Crippen LogP contribution in [0.25, 0.3) is 0 Å². The molecule has 4 nitrogen and oxygen atoms in total. The van der Waals surface area contributed by atoms with Crippen LogP contribution in [0.2, 0.25) is 0 Å². The quantitative estimate of drug-likeness (QED) is 0.251. The van der Waals surface area contributed by atoms with Crippen LogP contribution in [-0.2, 0) is 0 Å². The number of hydrogen-bond donors (Lipinski definition) is 2. The van der Waals surface area contributed by atoms with Crippen molar-refractivity contribution in [2.75, 3.05) is 13.1 Å². The third kappa shape index (κ3) is 1.76. The molecule has 1 fully saturated rings. The number of guanidine groups is 1. The van der Waals surface area contributed by atoms with Crippen LogP contribution in [0.5, 0.6) is 0 Å². The standard InChI is InChI=1S/C7H15N3O/c1-2-6-3-4-10(5-6)7(8)9-11/h6,11H,2-5H2,1H3,(H2,8,9). The lowest BCUT2D eigenvalue weighted by atomic mass is 10.1. The molecule has 0 spiro atoms. The molecule has 0 bridgehead atoms. The van der Waals surface area contributed by atoms with Gasteiger partial charge in [-0.25, -0.2) is 0 Å². The van der Waals surface area contributed by atoms with E-state index in [1.54, 1.807) is 0 Å². The summed E-state index contributed by atoms with van der Waals surface area (Å²) in [5, 5.41) is 11.3. The Hall–Kier alpha value is -0.930. The average Bonchev–Trinajstić information content (AvgIpc) is 2.50. The van der Waals surface area contributed by atoms with E-state index in [2.05, 4.69) is 12.1 Å². The Morgan fingerprint density at radius 1 is 1.82 bits per heavy atom. The number of oxime groups is 1. The van der Waals surface area contributed by atoms with Crippen LogP contribution in [0.15, 0.2) is 5.16 Å². The van der Waals surface area contributed by atoms with Crippen molar-refractivity contribution in [3.8, 4) is 0 Å². The number of rotatable bonds is 1. The summed E-state index contributed by atoms with van der Waals surface area (Å²) >= 11 is 0. The van der Waals surface area contributed by atoms with Crippen molar-refractivity contribution in [1.82, 2.24) is 4.90 Å². The first-order valence-electron chi connectivity index (χ1n) is 4.00. The van der Waals surface area contributed by atoms with E-state index in [0.717, 1.165) is 25.4 Å². The second-order valence-electron chi connectivity index (χ2n) is 2.97. The molecule has 11 heavy (non-hydrogen) atoms. The molecule has 0 aromatic rings. The maximum Gasteiger partial charge on any atom is 0.233 e. The zero-order valence-electron chi connectivity index (χ0n) is 6.82. The van der Waals surface area contributed by atoms with Gasteiger partial charge in [0.15, 0.2) is 0 Å². The van der Waals surface area contributed by atoms with Crippen molar-refractivity contribution in [3.63, 3.8) is 0 Å². The van der Waals surface area contributed by atoms with E-state index in [1.165, 1.54) is 6.42 Å². The van der Waals surface area contributed by atoms with E-state index >= 15 is 0 Å². The van der Waals surface area contributed by atoms with E-state index in [4.69, 9.17) is 10.9 Å². The lowest BCUT2D eigenvalue weighted by Gasteiger charge is -2.14. The second-order valence-corrected chi connectivity index (χ2v) is 2.97. The number of hydrogen-bond acceptors (Lipinski definition) is 2. The maximum atomic E-state index is 8.38. The average molecular weight is 157 g/mol. The number of nitrogens with two attached hydrogens (primary N) is 1. The topological polar surface area (TPSA) is 61.8 Å². The van der Waals surface area contributed by atoms with Crippen LogP contribution in [0, 0.1) is 5.92 Å². The Bertz CT molecular complexity index is 158. The van der Waals surface area contributed by atoms with Crippen LogP contribution in [0.1, 0.15) is 19.8 Å². The summed E-state index contributed by atoms with van der Waals surface area (Å²) in [5.41, 5.74) is 5.42. The zero-order chi connectivity index (χ0) is 8.27. The number of likely N-dealkylation sites (tertiary alicyclic amines) is 1. The molecule has 1 atom stereocenters. The summed E-state index contributed by atoms with van der Waals surface area (Å²) in [5.74, 6) is 0.969. The molecule has 1 unspecified atom stereocenters. The van der Waals surface area contributed by atoms with Crippen LogP contribution in [0.3, 0.4) is 0 Å². The summed E-state index contributed by atoms with van der Waals surface area (Å²) in [7, 11) is 0. The monoisotopic (exact) mass is 157 g/mol. The van der Waals surface area contributed by atoms with Gasteiger partial charge in [-0.05, 0) is 12.3 Å². The Kier molecular flexibility index (Phi) is 2.57. The molecule has 4 heteroatoms. The van der Waals surface area contributed by atoms with Crippen molar-refractivity contribution >= 4 is 5.96 Å². The van der Waals surface area contributed by atoms with E-state index in [9.17, 15) is 0 Å². The Morgan fingerprint density at radius 3 is 3.00 bits per heavy atom. The first kappa shape index (κ1) is 8.17. The van der Waals surface area contributed by atoms with Gasteiger partial charge in [0, 0.05) is 13.1 Å². The van der Waals surface area contributed by atoms with Crippen molar-refractivity contribution in [2.24, 2.45) is 16.8 Å². The van der Waals surface area contributed by atoms with E-state index in [-0.39, 0.29) is 5.96 Å². The molecule has 1 rings (SSSR count). The Labute approximate surface area is 66.7 Å². The lowest BCUT2D eigenvalue weighted by Crippen LogP contribution is -2.35. The molecule has 0 aliphatic carbocycles. The van der Waals surface area contributed by atoms with Crippen molar-refractivity contribution < 1.29 is 5.21 Å². The molecule has 0 radical (unpaired) electrons. The van der Waals surface area contributed by atoms with E-state index in [1.807, 2.05) is 4.90 Å². The Balaban J connectivity index is 2.41. The van der Waals surface area contributed by atoms with Gasteiger partial charge in [0.05, 0.1) is 0 Å². The number of nitrogens with zero attached hydrogens (tertiary/aromatic N) is 2. The van der Waals surface area contributed by atoms with Gasteiger partial charge in [-0.2, -0.15) is 0 Å². The highest BCUT2D eigenvalue weighted by Crippen LogP contribution is 2.18. The lowest BCUT2D eigenvalue weighted by molar-refractivity contribution is 0.303. The van der Waals surface area contributed by atoms with Crippen molar-refractivity contribution in [3.05, 3.63) is 0 Å². The molecule has 0 aromatic carbocycles. The van der Waals surface area contributed by atoms with Crippen LogP contribution in [0.4, 0.5) is 0 Å². The van der Waals surface area contributed by atoms with Crippen molar-refractivity contribution in [2.45, 2.75) is 19.8 Å². The van der Waals surface area contributed by atoms with Crippen LogP contribution in [-0.4, -0.2) is 29.2 Å². The summed E-state index contributed by atoms with van der Waals surface area (Å²) in [6.07, 6.45) is 2.34. The smallest absolute Gasteiger partial charge is 0.233 e. The molecule has 1 saturated heterocycles. The third-order valence-corrected chi connectivity index (χ3v) is 2.29. The normalized spacial score (nSPS) is 26.1. The second kappa shape index (κ2) is 3.46. The minimum absolute atomic E-state index is 0.251. The van der Waals surface area contributed by atoms with Gasteiger partial charge in [0.2, 0.25) is 5.96 Å². The summed E-state index contributed by atoms with van der Waals surface area (Å²) in [6, 6.07) is 0. The SMILES string of the molecule is CCC1CCN(/C(N)=N/O)C1. The first-order valence-corrected chi connectivity index (χ1v) is 4.00. The molecule has 0 saturated carbocycles. The highest BCUT2D eigenvalue weighted by molar-refractivity contribution is 5.77. The van der Waals surface area contributed by atoms with Gasteiger partial charge in [0.25, 0.3) is 0 Å². The van der Waals surface area contributed by atoms with Gasteiger partial charge in [-0.3, -0.25) is 0 Å². The molecular weight excluding hydrogens is 142 g/mol. The molecule has 0 amide bonds. The molecular formula is C7H15N3O. The molecule has 1 aliphatic rings. The molecule has 64 valence electrons. The van der Waals surface area contributed by atoms with E-state index in [0.29, 0.717) is 0 Å². The summed E-state index contributed by atoms with van der Waals surface area (Å²) in [6.45, 7) is 4.03. The van der Waals surface area contributed by atoms with Gasteiger partial charge >= 0.3 is 0 Å². The molecule has 1 heterocycles. The minimum atomic E-state index is 0.251. The van der Waals surface area contributed by atoms with Crippen LogP contribution >= 0.6 is 0 Å². The fourth-order valence-corrected chi connectivity index (χ4v) is 1.44. The highest BCUT2D eigenvalue weighted by Gasteiger charge is 2.22. The fourth-order valence-electron chi connectivity index (χ4n) is 1.44. The summed E-state index contributed by atoms with van der Waals surface area (Å²) in [4.78, 5) is 1.91. The largest absolute Gasteiger partial charge is 0.408 e. The van der Waals surface area contributed by atoms with Gasteiger partial charge in [-0.15, -0.1) is 0 Å². The van der Waals surface area contributed by atoms with Gasteiger partial charge in [-0.1, -0.05) is 18.5 Å². The Morgan fingerprint density at radius 2 is 2.55 bits per heavy atom. The summed E-state index contributed by atoms with van der Waals surface area (Å²) < 4.78 is 0. The van der Waals surface area contributed by atoms with Crippen molar-refractivity contribution in [1.29, 1.82) is 0 Å². The third-order valence-electron chi connectivity index (χ3n) is 2.29. The predicted molar refractivity (Wildman–Crippen MR) is 43.4 cm³/mol. The van der Waals surface area contributed by atoms with E-state index < -0.39 is 0 Å². The van der Waals surface area contributed by atoms with Gasteiger partial charge in [0.1, 0.15) is 0 Å². The fraction of sp³-hybridized carbons (Fsp3) is 0.857. The maximum absolute atomic E-state index is 8.38. The molecule has 1 aliphatic heterocycles.